The molecule has 1 saturated heterocycles. The number of hydrogen-bond acceptors (Lipinski definition) is 1. The molecule has 2 aliphatic rings. The fourth-order valence-electron chi connectivity index (χ4n) is 2.52. The lowest BCUT2D eigenvalue weighted by Crippen LogP contribution is -2.50. The molecule has 0 aromatic rings. The van der Waals surface area contributed by atoms with Crippen molar-refractivity contribution in [1.29, 1.82) is 0 Å². The Morgan fingerprint density at radius 3 is 2.62 bits per heavy atom. The summed E-state index contributed by atoms with van der Waals surface area (Å²) in [5.74, 6) is 0. The lowest BCUT2D eigenvalue weighted by molar-refractivity contribution is 0.0590. The maximum absolute atomic E-state index is 6.94. The number of nitrogens with zero attached hydrogens (tertiary/aromatic N) is 2. The van der Waals surface area contributed by atoms with E-state index in [-0.39, 0.29) is 0 Å². The summed E-state index contributed by atoms with van der Waals surface area (Å²) >= 11 is 0. The molecule has 1 saturated carbocycles. The first-order valence-corrected chi connectivity index (χ1v) is 5.51. The maximum atomic E-state index is 6.94. The Morgan fingerprint density at radius 1 is 1.15 bits per heavy atom. The number of likely N-dealkylation sites (tertiary alicyclic amines) is 1. The van der Waals surface area contributed by atoms with Gasteiger partial charge in [-0.2, -0.15) is 0 Å². The molecule has 0 aromatic heterocycles. The third-order valence-electron chi connectivity index (χ3n) is 3.52. The smallest absolute Gasteiger partial charge is 0.229 e. The lowest BCUT2D eigenvalue weighted by atomic mass is 9.87. The van der Waals surface area contributed by atoms with Gasteiger partial charge < -0.3 is 4.85 Å². The van der Waals surface area contributed by atoms with Crippen LogP contribution < -0.4 is 0 Å². The molecule has 2 nitrogen and oxygen atoms in total. The quantitative estimate of drug-likeness (QED) is 0.589. The normalized spacial score (nSPS) is 30.8. The predicted molar refractivity (Wildman–Crippen MR) is 53.5 cm³/mol. The van der Waals surface area contributed by atoms with Crippen LogP contribution in [0.5, 0.6) is 0 Å². The Kier molecular flexibility index (Phi) is 2.85. The minimum Gasteiger partial charge on any atom is -0.315 e. The molecule has 72 valence electrons. The van der Waals surface area contributed by atoms with Crippen molar-refractivity contribution in [1.82, 2.24) is 4.90 Å². The molecule has 1 heterocycles. The van der Waals surface area contributed by atoms with E-state index in [0.717, 1.165) is 12.6 Å². The zero-order valence-corrected chi connectivity index (χ0v) is 8.21. The van der Waals surface area contributed by atoms with Crippen LogP contribution in [0.1, 0.15) is 38.5 Å². The van der Waals surface area contributed by atoms with E-state index in [9.17, 15) is 0 Å². The van der Waals surface area contributed by atoms with Crippen LogP contribution in [0, 0.1) is 6.57 Å². The number of piperidine rings is 1. The molecule has 1 atom stereocenters. The first-order valence-electron chi connectivity index (χ1n) is 5.51. The molecule has 1 aliphatic carbocycles. The van der Waals surface area contributed by atoms with E-state index in [1.165, 1.54) is 45.1 Å². The van der Waals surface area contributed by atoms with Crippen LogP contribution in [0.15, 0.2) is 0 Å². The highest BCUT2D eigenvalue weighted by Crippen LogP contribution is 2.30. The molecule has 13 heavy (non-hydrogen) atoms. The minimum absolute atomic E-state index is 0.594. The third kappa shape index (κ3) is 1.86. The third-order valence-corrected chi connectivity index (χ3v) is 3.52. The lowest BCUT2D eigenvalue weighted by Gasteiger charge is -2.43. The highest BCUT2D eigenvalue weighted by molar-refractivity contribution is 4.90. The monoisotopic (exact) mass is 178 g/mol. The van der Waals surface area contributed by atoms with Gasteiger partial charge in [0.1, 0.15) is 0 Å². The molecule has 2 heteroatoms. The van der Waals surface area contributed by atoms with Crippen molar-refractivity contribution in [3.63, 3.8) is 0 Å². The minimum atomic E-state index is 0.594. The molecule has 0 spiro atoms. The first kappa shape index (κ1) is 9.02. The molecular weight excluding hydrogens is 160 g/mol. The van der Waals surface area contributed by atoms with E-state index >= 15 is 0 Å². The topological polar surface area (TPSA) is 7.60 Å². The van der Waals surface area contributed by atoms with Crippen molar-refractivity contribution in [2.24, 2.45) is 0 Å². The molecule has 0 amide bonds. The van der Waals surface area contributed by atoms with Crippen molar-refractivity contribution in [3.8, 4) is 0 Å². The van der Waals surface area contributed by atoms with Gasteiger partial charge >= 0.3 is 0 Å². The molecule has 2 rings (SSSR count). The second kappa shape index (κ2) is 4.11. The summed E-state index contributed by atoms with van der Waals surface area (Å²) in [6.07, 6.45) is 8.13. The molecule has 1 unspecified atom stereocenters. The van der Waals surface area contributed by atoms with Gasteiger partial charge in [-0.3, -0.25) is 4.90 Å². The van der Waals surface area contributed by atoms with Gasteiger partial charge in [0.15, 0.2) is 0 Å². The maximum Gasteiger partial charge on any atom is 0.229 e. The molecule has 2 fully saturated rings. The predicted octanol–water partition coefficient (Wildman–Crippen LogP) is 2.31. The van der Waals surface area contributed by atoms with Gasteiger partial charge in [0, 0.05) is 6.04 Å². The van der Waals surface area contributed by atoms with Gasteiger partial charge in [0.05, 0.1) is 6.04 Å². The molecule has 0 aromatic carbocycles. The van der Waals surface area contributed by atoms with Gasteiger partial charge in [-0.1, -0.05) is 12.8 Å². The van der Waals surface area contributed by atoms with Crippen LogP contribution in [-0.2, 0) is 0 Å². The standard InChI is InChI=1S/C11H18N2/c1-12-9-11-5-2-3-8-13(11)10-6-4-7-10/h10-11H,2-9H2. The number of hydrogen-bond donors (Lipinski definition) is 0. The molecule has 0 N–H and O–H groups in total. The molecule has 0 bridgehead atoms. The van der Waals surface area contributed by atoms with Crippen molar-refractivity contribution in [2.45, 2.75) is 50.6 Å². The Bertz CT molecular complexity index is 203. The highest BCUT2D eigenvalue weighted by Gasteiger charge is 2.33. The average molecular weight is 178 g/mol. The summed E-state index contributed by atoms with van der Waals surface area (Å²) in [6.45, 7) is 8.93. The summed E-state index contributed by atoms with van der Waals surface area (Å²) in [7, 11) is 0. The SMILES string of the molecule is [C-]#[N+]CC1CCCCN1C1CCC1. The zero-order chi connectivity index (χ0) is 9.10. The number of rotatable bonds is 2. The van der Waals surface area contributed by atoms with E-state index in [2.05, 4.69) is 9.74 Å². The Balaban J connectivity index is 1.92. The van der Waals surface area contributed by atoms with Gasteiger partial charge in [0.25, 0.3) is 0 Å². The van der Waals surface area contributed by atoms with Crippen LogP contribution in [0.4, 0.5) is 0 Å². The molecule has 1 aliphatic heterocycles. The summed E-state index contributed by atoms with van der Waals surface area (Å²) in [6, 6.07) is 1.43. The Morgan fingerprint density at radius 2 is 2.00 bits per heavy atom. The van der Waals surface area contributed by atoms with Crippen LogP contribution in [0.2, 0.25) is 0 Å². The van der Waals surface area contributed by atoms with E-state index < -0.39 is 0 Å². The molecule has 0 radical (unpaired) electrons. The van der Waals surface area contributed by atoms with E-state index in [1.54, 1.807) is 0 Å². The largest absolute Gasteiger partial charge is 0.315 e. The van der Waals surface area contributed by atoms with Crippen molar-refractivity contribution >= 4 is 0 Å². The van der Waals surface area contributed by atoms with Crippen molar-refractivity contribution in [2.75, 3.05) is 13.1 Å². The summed E-state index contributed by atoms with van der Waals surface area (Å²) in [4.78, 5) is 6.17. The fraction of sp³-hybridized carbons (Fsp3) is 0.909. The van der Waals surface area contributed by atoms with E-state index in [0.29, 0.717) is 6.04 Å². The van der Waals surface area contributed by atoms with Gasteiger partial charge in [-0.05, 0) is 32.2 Å². The van der Waals surface area contributed by atoms with Crippen LogP contribution >= 0.6 is 0 Å². The fourth-order valence-corrected chi connectivity index (χ4v) is 2.52. The second-order valence-corrected chi connectivity index (χ2v) is 4.31. The van der Waals surface area contributed by atoms with Crippen LogP contribution in [0.3, 0.4) is 0 Å². The van der Waals surface area contributed by atoms with E-state index in [1.807, 2.05) is 0 Å². The van der Waals surface area contributed by atoms with Crippen molar-refractivity contribution in [3.05, 3.63) is 11.4 Å². The Hall–Kier alpha value is -0.550. The summed E-state index contributed by atoms with van der Waals surface area (Å²) in [5, 5.41) is 0. The van der Waals surface area contributed by atoms with Crippen LogP contribution in [-0.4, -0.2) is 30.1 Å². The Labute approximate surface area is 80.7 Å². The highest BCUT2D eigenvalue weighted by atomic mass is 15.2. The summed E-state index contributed by atoms with van der Waals surface area (Å²) in [5.41, 5.74) is 0. The van der Waals surface area contributed by atoms with Crippen LogP contribution in [0.25, 0.3) is 4.85 Å². The molecular formula is C11H18N2. The van der Waals surface area contributed by atoms with E-state index in [4.69, 9.17) is 6.57 Å². The summed E-state index contributed by atoms with van der Waals surface area (Å²) < 4.78 is 0. The zero-order valence-electron chi connectivity index (χ0n) is 8.21. The van der Waals surface area contributed by atoms with Gasteiger partial charge in [0.2, 0.25) is 6.54 Å². The van der Waals surface area contributed by atoms with Gasteiger partial charge in [-0.15, -0.1) is 0 Å². The van der Waals surface area contributed by atoms with Gasteiger partial charge in [-0.25, -0.2) is 6.57 Å². The first-order chi connectivity index (χ1) is 6.42. The van der Waals surface area contributed by atoms with Crippen molar-refractivity contribution < 1.29 is 0 Å². The average Bonchev–Trinajstić information content (AvgIpc) is 2.05. The second-order valence-electron chi connectivity index (χ2n) is 4.31.